The Morgan fingerprint density at radius 3 is 2.53 bits per heavy atom. The Balaban J connectivity index is 1.83. The second kappa shape index (κ2) is 10.1. The summed E-state index contributed by atoms with van der Waals surface area (Å²) in [6.45, 7) is 3.97. The van der Waals surface area contributed by atoms with Crippen LogP contribution < -0.4 is 14.9 Å². The lowest BCUT2D eigenvalue weighted by molar-refractivity contribution is -0.138. The highest BCUT2D eigenvalue weighted by Gasteiger charge is 2.35. The van der Waals surface area contributed by atoms with Gasteiger partial charge in [0.05, 0.1) is 28.5 Å². The second-order valence-electron chi connectivity index (χ2n) is 8.40. The van der Waals surface area contributed by atoms with Crippen LogP contribution in [0.1, 0.15) is 35.2 Å². The molecule has 5 rings (SSSR count). The van der Waals surface area contributed by atoms with E-state index in [1.165, 1.54) is 11.3 Å². The van der Waals surface area contributed by atoms with Crippen LogP contribution >= 0.6 is 22.9 Å². The SMILES string of the molecule is CCOC(=O)C1=C(c2ccccc2)N=c2sc(=Cc3ccc(C)cc3)c(=O)n2C1c1cccc(Cl)c1. The summed E-state index contributed by atoms with van der Waals surface area (Å²) in [7, 11) is 0. The Morgan fingerprint density at radius 2 is 1.83 bits per heavy atom. The number of hydrogen-bond donors (Lipinski definition) is 0. The normalized spacial score (nSPS) is 15.4. The van der Waals surface area contributed by atoms with Crippen LogP contribution in [0.3, 0.4) is 0 Å². The number of aromatic nitrogens is 1. The van der Waals surface area contributed by atoms with Crippen LogP contribution in [-0.4, -0.2) is 17.1 Å². The van der Waals surface area contributed by atoms with Crippen LogP contribution in [0, 0.1) is 6.92 Å². The maximum atomic E-state index is 13.8. The van der Waals surface area contributed by atoms with Gasteiger partial charge in [0, 0.05) is 10.6 Å². The lowest BCUT2D eigenvalue weighted by Crippen LogP contribution is -2.40. The average molecular weight is 515 g/mol. The molecule has 1 aliphatic rings. The molecule has 1 atom stereocenters. The fourth-order valence-electron chi connectivity index (χ4n) is 4.25. The largest absolute Gasteiger partial charge is 0.463 e. The molecule has 0 saturated heterocycles. The van der Waals surface area contributed by atoms with Gasteiger partial charge in [0.2, 0.25) is 0 Å². The highest BCUT2D eigenvalue weighted by Crippen LogP contribution is 2.35. The molecule has 7 heteroatoms. The Labute approximate surface area is 217 Å². The summed E-state index contributed by atoms with van der Waals surface area (Å²) >= 11 is 7.65. The summed E-state index contributed by atoms with van der Waals surface area (Å²) in [5, 5.41) is 0.510. The number of thiazole rings is 1. The van der Waals surface area contributed by atoms with E-state index in [1.54, 1.807) is 23.6 Å². The van der Waals surface area contributed by atoms with Gasteiger partial charge in [0.25, 0.3) is 5.56 Å². The van der Waals surface area contributed by atoms with Crippen molar-refractivity contribution in [2.45, 2.75) is 19.9 Å². The van der Waals surface area contributed by atoms with Gasteiger partial charge in [-0.1, -0.05) is 95.2 Å². The van der Waals surface area contributed by atoms with Gasteiger partial charge in [-0.15, -0.1) is 0 Å². The molecule has 0 bridgehead atoms. The fraction of sp³-hybridized carbons (Fsp3) is 0.138. The van der Waals surface area contributed by atoms with Crippen LogP contribution in [0.5, 0.6) is 0 Å². The third-order valence-electron chi connectivity index (χ3n) is 5.91. The zero-order chi connectivity index (χ0) is 25.2. The van der Waals surface area contributed by atoms with E-state index < -0.39 is 12.0 Å². The van der Waals surface area contributed by atoms with E-state index in [9.17, 15) is 9.59 Å². The minimum atomic E-state index is -0.741. The number of aryl methyl sites for hydroxylation is 1. The zero-order valence-corrected chi connectivity index (χ0v) is 21.3. The molecule has 36 heavy (non-hydrogen) atoms. The van der Waals surface area contributed by atoms with E-state index >= 15 is 0 Å². The summed E-state index contributed by atoms with van der Waals surface area (Å²) in [4.78, 5) is 32.6. The van der Waals surface area contributed by atoms with Crippen LogP contribution in [0.4, 0.5) is 0 Å². The van der Waals surface area contributed by atoms with Gasteiger partial charge >= 0.3 is 5.97 Å². The molecule has 180 valence electrons. The maximum Gasteiger partial charge on any atom is 0.338 e. The van der Waals surface area contributed by atoms with Crippen LogP contribution in [-0.2, 0) is 9.53 Å². The Kier molecular flexibility index (Phi) is 6.72. The van der Waals surface area contributed by atoms with Gasteiger partial charge in [-0.25, -0.2) is 9.79 Å². The Bertz CT molecular complexity index is 1650. The van der Waals surface area contributed by atoms with Gasteiger partial charge in [0.15, 0.2) is 4.80 Å². The molecule has 0 amide bonds. The van der Waals surface area contributed by atoms with Gasteiger partial charge < -0.3 is 4.74 Å². The quantitative estimate of drug-likeness (QED) is 0.356. The standard InChI is InChI=1S/C29H23ClN2O3S/c1-3-35-28(34)24-25(20-8-5-4-6-9-20)31-29-32(26(24)21-10-7-11-22(30)17-21)27(33)23(36-29)16-19-14-12-18(2)13-15-19/h4-17,26H,3H2,1-2H3. The predicted molar refractivity (Wildman–Crippen MR) is 144 cm³/mol. The number of fused-ring (bicyclic) bond motifs is 1. The topological polar surface area (TPSA) is 60.7 Å². The smallest absolute Gasteiger partial charge is 0.338 e. The van der Waals surface area contributed by atoms with Gasteiger partial charge in [-0.3, -0.25) is 9.36 Å². The lowest BCUT2D eigenvalue weighted by atomic mass is 9.93. The molecule has 5 nitrogen and oxygen atoms in total. The monoisotopic (exact) mass is 514 g/mol. The summed E-state index contributed by atoms with van der Waals surface area (Å²) in [5.74, 6) is -0.516. The molecule has 0 saturated carbocycles. The number of rotatable bonds is 5. The van der Waals surface area contributed by atoms with Crippen molar-refractivity contribution < 1.29 is 9.53 Å². The molecule has 3 aromatic carbocycles. The zero-order valence-electron chi connectivity index (χ0n) is 19.8. The van der Waals surface area contributed by atoms with Crippen molar-refractivity contribution in [3.63, 3.8) is 0 Å². The number of ether oxygens (including phenoxy) is 1. The van der Waals surface area contributed by atoms with Crippen molar-refractivity contribution in [2.24, 2.45) is 4.99 Å². The summed E-state index contributed by atoms with van der Waals surface area (Å²) in [6.07, 6.45) is 1.86. The van der Waals surface area contributed by atoms with Gasteiger partial charge in [-0.2, -0.15) is 0 Å². The Hall–Kier alpha value is -3.74. The number of esters is 1. The third-order valence-corrected chi connectivity index (χ3v) is 7.13. The Morgan fingerprint density at radius 1 is 1.08 bits per heavy atom. The molecular weight excluding hydrogens is 492 g/mol. The van der Waals surface area contributed by atoms with E-state index in [-0.39, 0.29) is 12.2 Å². The molecule has 0 N–H and O–H groups in total. The molecule has 0 spiro atoms. The van der Waals surface area contributed by atoms with Gasteiger partial charge in [-0.05, 0) is 43.2 Å². The van der Waals surface area contributed by atoms with Gasteiger partial charge in [0.1, 0.15) is 0 Å². The van der Waals surface area contributed by atoms with Crippen molar-refractivity contribution in [2.75, 3.05) is 6.61 Å². The van der Waals surface area contributed by atoms with Crippen LogP contribution in [0.2, 0.25) is 5.02 Å². The second-order valence-corrected chi connectivity index (χ2v) is 9.84. The number of halogens is 1. The fourth-order valence-corrected chi connectivity index (χ4v) is 5.45. The van der Waals surface area contributed by atoms with Crippen molar-refractivity contribution in [3.8, 4) is 0 Å². The van der Waals surface area contributed by atoms with Crippen LogP contribution in [0.15, 0.2) is 94.2 Å². The van der Waals surface area contributed by atoms with Crippen molar-refractivity contribution >= 4 is 40.7 Å². The molecule has 1 unspecified atom stereocenters. The maximum absolute atomic E-state index is 13.8. The summed E-state index contributed by atoms with van der Waals surface area (Å²) in [5.41, 5.74) is 4.10. The van der Waals surface area contributed by atoms with Crippen molar-refractivity contribution in [3.05, 3.63) is 131 Å². The minimum Gasteiger partial charge on any atom is -0.463 e. The van der Waals surface area contributed by atoms with E-state index in [0.717, 1.165) is 16.7 Å². The van der Waals surface area contributed by atoms with E-state index in [1.807, 2.05) is 79.7 Å². The molecule has 4 aromatic rings. The number of nitrogens with zero attached hydrogens (tertiary/aromatic N) is 2. The molecule has 0 radical (unpaired) electrons. The van der Waals surface area contributed by atoms with Crippen molar-refractivity contribution in [1.82, 2.24) is 4.57 Å². The van der Waals surface area contributed by atoms with E-state index in [0.29, 0.717) is 31.2 Å². The number of carbonyl (C=O) groups excluding carboxylic acids is 1. The first-order chi connectivity index (χ1) is 17.5. The highest BCUT2D eigenvalue weighted by molar-refractivity contribution is 7.07. The average Bonchev–Trinajstić information content (AvgIpc) is 3.19. The van der Waals surface area contributed by atoms with Crippen molar-refractivity contribution in [1.29, 1.82) is 0 Å². The first kappa shape index (κ1) is 24.0. The molecule has 0 fully saturated rings. The molecule has 0 aliphatic carbocycles. The molecule has 2 heterocycles. The number of hydrogen-bond acceptors (Lipinski definition) is 5. The van der Waals surface area contributed by atoms with E-state index in [4.69, 9.17) is 21.3 Å². The first-order valence-electron chi connectivity index (χ1n) is 11.6. The number of benzene rings is 3. The van der Waals surface area contributed by atoms with Crippen LogP contribution in [0.25, 0.3) is 11.8 Å². The molecule has 1 aliphatic heterocycles. The minimum absolute atomic E-state index is 0.199. The summed E-state index contributed by atoms with van der Waals surface area (Å²) in [6, 6.07) is 23.9. The highest BCUT2D eigenvalue weighted by atomic mass is 35.5. The first-order valence-corrected chi connectivity index (χ1v) is 12.8. The number of carbonyl (C=O) groups is 1. The molecular formula is C29H23ClN2O3S. The lowest BCUT2D eigenvalue weighted by Gasteiger charge is -2.26. The molecule has 1 aromatic heterocycles. The van der Waals surface area contributed by atoms with E-state index in [2.05, 4.69) is 0 Å². The summed E-state index contributed by atoms with van der Waals surface area (Å²) < 4.78 is 7.58. The third kappa shape index (κ3) is 4.57. The predicted octanol–water partition coefficient (Wildman–Crippen LogP) is 4.90.